The molecule has 0 aliphatic heterocycles. The number of unbranched alkanes of at least 4 members (excludes halogenated alkanes) is 5. The van der Waals surface area contributed by atoms with Crippen LogP contribution in [-0.2, 0) is 23.4 Å². The fourth-order valence-electron chi connectivity index (χ4n) is 3.76. The molecule has 2 N–H and O–H groups in total. The van der Waals surface area contributed by atoms with Gasteiger partial charge in [0.2, 0.25) is 0 Å². The van der Waals surface area contributed by atoms with Crippen molar-refractivity contribution in [2.75, 3.05) is 6.79 Å². The van der Waals surface area contributed by atoms with Crippen molar-refractivity contribution in [3.8, 4) is 0 Å². The third-order valence-corrected chi connectivity index (χ3v) is 5.89. The van der Waals surface area contributed by atoms with E-state index in [4.69, 9.17) is 0 Å². The van der Waals surface area contributed by atoms with Gasteiger partial charge in [0, 0.05) is 24.7 Å². The number of aliphatic hydroxyl groups is 2. The average molecular weight is 508 g/mol. The van der Waals surface area contributed by atoms with Gasteiger partial charge in [0.05, 0.1) is 20.0 Å². The maximum absolute atomic E-state index is 12.2. The Morgan fingerprint density at radius 1 is 1.18 bits per heavy atom. The number of hydrogen-bond acceptors (Lipinski definition) is 9. The molecule has 1 aliphatic carbocycles. The minimum atomic E-state index is -5.15. The minimum Gasteiger partial charge on any atom is -0.790 e. The van der Waals surface area contributed by atoms with Gasteiger partial charge in [0.1, 0.15) is 5.78 Å². The van der Waals surface area contributed by atoms with E-state index in [0.29, 0.717) is 19.3 Å². The number of rotatable bonds is 16. The summed E-state index contributed by atoms with van der Waals surface area (Å²) in [5.74, 6) is -1.14. The summed E-state index contributed by atoms with van der Waals surface area (Å²) >= 11 is 0. The van der Waals surface area contributed by atoms with Crippen LogP contribution in [0.2, 0.25) is 0 Å². The zero-order valence-corrected chi connectivity index (χ0v) is 25.0. The Morgan fingerprint density at radius 3 is 2.48 bits per heavy atom. The number of ketones is 1. The molecule has 1 fully saturated rings. The summed E-state index contributed by atoms with van der Waals surface area (Å²) in [5.41, 5.74) is 0. The van der Waals surface area contributed by atoms with E-state index in [1.54, 1.807) is 12.2 Å². The van der Waals surface area contributed by atoms with Crippen molar-refractivity contribution in [3.05, 3.63) is 12.2 Å². The molecule has 9 nitrogen and oxygen atoms in total. The van der Waals surface area contributed by atoms with E-state index in [0.717, 1.165) is 38.5 Å². The predicted octanol–water partition coefficient (Wildman–Crippen LogP) is -4.26. The Morgan fingerprint density at radius 2 is 1.85 bits per heavy atom. The molecule has 0 aromatic heterocycles. The Balaban J connectivity index is 0. The topological polar surface area (TPSA) is 156 Å². The van der Waals surface area contributed by atoms with Gasteiger partial charge in [-0.3, -0.25) is 9.59 Å². The van der Waals surface area contributed by atoms with E-state index in [1.807, 2.05) is 0 Å². The van der Waals surface area contributed by atoms with Gasteiger partial charge in [-0.05, 0) is 19.3 Å². The van der Waals surface area contributed by atoms with E-state index in [-0.39, 0.29) is 89.6 Å². The van der Waals surface area contributed by atoms with E-state index >= 15 is 0 Å². The van der Waals surface area contributed by atoms with Crippen molar-refractivity contribution in [2.24, 2.45) is 11.8 Å². The van der Waals surface area contributed by atoms with Crippen LogP contribution >= 0.6 is 7.82 Å². The summed E-state index contributed by atoms with van der Waals surface area (Å²) in [6.45, 7) is 1.19. The third-order valence-electron chi connectivity index (χ3n) is 5.47. The molecule has 1 saturated carbocycles. The molecule has 1 rings (SSSR count). The van der Waals surface area contributed by atoms with Gasteiger partial charge in [-0.2, -0.15) is 0 Å². The Labute approximate surface area is 240 Å². The normalized spacial score (nSPS) is 21.5. The molecule has 0 unspecified atom stereocenters. The molecular formula is C21H35Na2O9P. The smallest absolute Gasteiger partial charge is 0.790 e. The molecule has 12 heteroatoms. The van der Waals surface area contributed by atoms with Crippen molar-refractivity contribution >= 4 is 19.6 Å². The number of phosphoric acid groups is 1. The molecule has 0 heterocycles. The first-order chi connectivity index (χ1) is 14.6. The summed E-state index contributed by atoms with van der Waals surface area (Å²) in [4.78, 5) is 44.1. The van der Waals surface area contributed by atoms with Gasteiger partial charge in [0.25, 0.3) is 0 Å². The minimum absolute atomic E-state index is 0. The van der Waals surface area contributed by atoms with Crippen LogP contribution in [0.3, 0.4) is 0 Å². The van der Waals surface area contributed by atoms with E-state index < -0.39 is 32.8 Å². The Hall–Kier alpha value is 0.910. The summed E-state index contributed by atoms with van der Waals surface area (Å²) < 4.78 is 18.6. The molecule has 1 aliphatic rings. The number of carbonyl (C=O) groups is 2. The fraction of sp³-hybridized carbons (Fsp3) is 0.810. The average Bonchev–Trinajstić information content (AvgIpc) is 2.94. The number of hydrogen-bond donors (Lipinski definition) is 2. The first-order valence-electron chi connectivity index (χ1n) is 11.0. The molecule has 0 radical (unpaired) electrons. The van der Waals surface area contributed by atoms with E-state index in [2.05, 4.69) is 16.2 Å². The molecule has 0 saturated heterocycles. The number of carbonyl (C=O) groups excluding carboxylic acids is 2. The SMILES string of the molecule is CCCCC[C@H](O)/C=C/[C@H]1[C@H](O)CC(=O)[C@@H]1CCCCCCC(=O)OCOP(=O)([O-])[O-].[Na+].[Na+]. The van der Waals surface area contributed by atoms with Crippen LogP contribution in [0.25, 0.3) is 0 Å². The summed E-state index contributed by atoms with van der Waals surface area (Å²) in [5, 5.41) is 20.3. The number of aliphatic hydroxyl groups excluding tert-OH is 2. The number of Topliss-reactive ketones (excluding diaryl/α,β-unsaturated/α-hetero) is 1. The van der Waals surface area contributed by atoms with Crippen molar-refractivity contribution < 1.29 is 103 Å². The second kappa shape index (κ2) is 20.0. The van der Waals surface area contributed by atoms with Crippen LogP contribution in [0.5, 0.6) is 0 Å². The standard InChI is InChI=1S/C21H37O9P.2Na/c1-2-3-6-9-16(22)12-13-18-17(19(23)14-20(18)24)10-7-4-5-8-11-21(25)29-15-30-31(26,27)28;;/h12-13,16-18,20,22,24H,2-11,14-15H2,1H3,(H2,26,27,28);;/q;2*+1/p-2/b13-12+;;/t16-,17+,18+,20+;;/m0../s1. The van der Waals surface area contributed by atoms with Crippen LogP contribution in [-0.4, -0.2) is 41.0 Å². The molecule has 0 aromatic carbocycles. The molecule has 180 valence electrons. The maximum atomic E-state index is 12.2. The van der Waals surface area contributed by atoms with Crippen molar-refractivity contribution in [1.29, 1.82) is 0 Å². The zero-order valence-electron chi connectivity index (χ0n) is 20.1. The van der Waals surface area contributed by atoms with Crippen molar-refractivity contribution in [2.45, 2.75) is 89.8 Å². The third kappa shape index (κ3) is 17.1. The van der Waals surface area contributed by atoms with Gasteiger partial charge in [0.15, 0.2) is 6.79 Å². The monoisotopic (exact) mass is 508 g/mol. The first kappa shape index (κ1) is 36.1. The maximum Gasteiger partial charge on any atom is 1.00 e. The molecule has 33 heavy (non-hydrogen) atoms. The van der Waals surface area contributed by atoms with Gasteiger partial charge in [-0.15, -0.1) is 0 Å². The quantitative estimate of drug-likeness (QED) is 0.0526. The van der Waals surface area contributed by atoms with Crippen LogP contribution in [0.15, 0.2) is 12.2 Å². The van der Waals surface area contributed by atoms with Crippen LogP contribution < -0.4 is 68.9 Å². The summed E-state index contributed by atoms with van der Waals surface area (Å²) in [6.07, 6.45) is 9.62. The predicted molar refractivity (Wildman–Crippen MR) is 109 cm³/mol. The number of phosphoric ester groups is 1. The van der Waals surface area contributed by atoms with Crippen LogP contribution in [0.4, 0.5) is 0 Å². The van der Waals surface area contributed by atoms with Crippen molar-refractivity contribution in [1.82, 2.24) is 0 Å². The second-order valence-corrected chi connectivity index (χ2v) is 9.19. The molecule has 0 amide bonds. The summed E-state index contributed by atoms with van der Waals surface area (Å²) in [7, 11) is -5.15. The Kier molecular flexibility index (Phi) is 21.9. The molecule has 0 aromatic rings. The Bertz CT molecular complexity index is 627. The van der Waals surface area contributed by atoms with Gasteiger partial charge < -0.3 is 33.8 Å². The molecule has 0 bridgehead atoms. The second-order valence-electron chi connectivity index (χ2n) is 8.03. The van der Waals surface area contributed by atoms with Crippen molar-refractivity contribution in [3.63, 3.8) is 0 Å². The van der Waals surface area contributed by atoms with Crippen LogP contribution in [0, 0.1) is 11.8 Å². The van der Waals surface area contributed by atoms with Crippen LogP contribution in [0.1, 0.15) is 77.6 Å². The number of esters is 1. The van der Waals surface area contributed by atoms with Gasteiger partial charge in [-0.25, -0.2) is 0 Å². The number of ether oxygens (including phenoxy) is 1. The fourth-order valence-corrected chi connectivity index (χ4v) is 3.95. The first-order valence-corrected chi connectivity index (χ1v) is 12.5. The summed E-state index contributed by atoms with van der Waals surface area (Å²) in [6, 6.07) is 0. The molecular weight excluding hydrogens is 473 g/mol. The van der Waals surface area contributed by atoms with E-state index in [1.165, 1.54) is 0 Å². The van der Waals surface area contributed by atoms with Gasteiger partial charge in [-0.1, -0.05) is 57.6 Å². The zero-order chi connectivity index (χ0) is 23.3. The largest absolute Gasteiger partial charge is 1.00 e. The molecule has 0 spiro atoms. The van der Waals surface area contributed by atoms with Gasteiger partial charge >= 0.3 is 65.1 Å². The molecule has 4 atom stereocenters. The van der Waals surface area contributed by atoms with E-state index in [9.17, 15) is 34.2 Å².